The lowest BCUT2D eigenvalue weighted by Crippen LogP contribution is -2.46. The number of ether oxygens (including phenoxy) is 1. The van der Waals surface area contributed by atoms with Gasteiger partial charge >= 0.3 is 6.09 Å². The van der Waals surface area contributed by atoms with Crippen molar-refractivity contribution in [1.29, 1.82) is 0 Å². The van der Waals surface area contributed by atoms with Gasteiger partial charge in [-0.15, -0.1) is 0 Å². The highest BCUT2D eigenvalue weighted by Gasteiger charge is 2.33. The van der Waals surface area contributed by atoms with Crippen LogP contribution in [-0.4, -0.2) is 47.5 Å². The fraction of sp³-hybridized carbons (Fsp3) is 0.538. The van der Waals surface area contributed by atoms with E-state index < -0.39 is 12.1 Å². The van der Waals surface area contributed by atoms with Crippen LogP contribution in [0.3, 0.4) is 0 Å². The van der Waals surface area contributed by atoms with E-state index in [0.29, 0.717) is 37.5 Å². The molecule has 3 heterocycles. The lowest BCUT2D eigenvalue weighted by molar-refractivity contribution is -0.135. The Kier molecular flexibility index (Phi) is 3.97. The molecule has 2 aliphatic heterocycles. The van der Waals surface area contributed by atoms with Crippen LogP contribution in [0.25, 0.3) is 0 Å². The normalized spacial score (nSPS) is 20.3. The molecule has 8 nitrogen and oxygen atoms in total. The summed E-state index contributed by atoms with van der Waals surface area (Å²) in [5, 5.41) is 5.71. The van der Waals surface area contributed by atoms with Gasteiger partial charge in [0.25, 0.3) is 0 Å². The Balaban J connectivity index is 1.67. The van der Waals surface area contributed by atoms with Crippen molar-refractivity contribution in [1.82, 2.24) is 15.2 Å². The van der Waals surface area contributed by atoms with Crippen LogP contribution in [0.2, 0.25) is 0 Å². The van der Waals surface area contributed by atoms with Gasteiger partial charge in [-0.05, 0) is 6.42 Å². The molecule has 118 valence electrons. The summed E-state index contributed by atoms with van der Waals surface area (Å²) in [7, 11) is 1.29. The summed E-state index contributed by atoms with van der Waals surface area (Å²) < 4.78 is 4.53. The summed E-state index contributed by atoms with van der Waals surface area (Å²) in [5.74, 6) is -0.120. The van der Waals surface area contributed by atoms with Gasteiger partial charge < -0.3 is 15.0 Å². The summed E-state index contributed by atoms with van der Waals surface area (Å²) in [6.45, 7) is 1.03. The zero-order chi connectivity index (χ0) is 15.7. The second kappa shape index (κ2) is 5.91. The standard InChI is InChI=1S/C13H16N4O4S/c1-21-13(20)16-12-15-7-4-5-17(6-9(7)22-12)11(19)8-2-3-10(18)14-8/h8H,2-6H2,1H3,(H,14,18)(H,15,16,20). The minimum absolute atomic E-state index is 0.0487. The predicted molar refractivity (Wildman–Crippen MR) is 78.4 cm³/mol. The maximum atomic E-state index is 12.4. The van der Waals surface area contributed by atoms with Crippen LogP contribution >= 0.6 is 11.3 Å². The quantitative estimate of drug-likeness (QED) is 0.824. The number of amides is 3. The van der Waals surface area contributed by atoms with Gasteiger partial charge in [-0.1, -0.05) is 11.3 Å². The van der Waals surface area contributed by atoms with Crippen LogP contribution in [0.15, 0.2) is 0 Å². The topological polar surface area (TPSA) is 101 Å². The first kappa shape index (κ1) is 14.8. The average molecular weight is 324 g/mol. The Labute approximate surface area is 130 Å². The SMILES string of the molecule is COC(=O)Nc1nc2c(s1)CN(C(=O)C1CCC(=O)N1)CC2. The van der Waals surface area contributed by atoms with Crippen molar-refractivity contribution in [3.8, 4) is 0 Å². The molecule has 0 aromatic carbocycles. The van der Waals surface area contributed by atoms with Crippen molar-refractivity contribution < 1.29 is 19.1 Å². The summed E-state index contributed by atoms with van der Waals surface area (Å²) in [5.41, 5.74) is 0.899. The number of nitrogens with one attached hydrogen (secondary N) is 2. The fourth-order valence-electron chi connectivity index (χ4n) is 2.60. The first-order valence-corrected chi connectivity index (χ1v) is 7.80. The first-order chi connectivity index (χ1) is 10.6. The smallest absolute Gasteiger partial charge is 0.413 e. The number of thiazole rings is 1. The van der Waals surface area contributed by atoms with Crippen molar-refractivity contribution in [3.05, 3.63) is 10.6 Å². The second-order valence-corrected chi connectivity index (χ2v) is 6.26. The number of nitrogens with zero attached hydrogens (tertiary/aromatic N) is 2. The predicted octanol–water partition coefficient (Wildman–Crippen LogP) is 0.485. The van der Waals surface area contributed by atoms with E-state index in [-0.39, 0.29) is 11.8 Å². The maximum absolute atomic E-state index is 12.4. The maximum Gasteiger partial charge on any atom is 0.413 e. The van der Waals surface area contributed by atoms with Crippen molar-refractivity contribution in [3.63, 3.8) is 0 Å². The summed E-state index contributed by atoms with van der Waals surface area (Å²) in [4.78, 5) is 41.9. The molecular formula is C13H16N4O4S. The summed E-state index contributed by atoms with van der Waals surface area (Å²) in [6, 6.07) is -0.408. The Morgan fingerprint density at radius 3 is 2.95 bits per heavy atom. The Bertz CT molecular complexity index is 630. The van der Waals surface area contributed by atoms with Gasteiger partial charge in [0.05, 0.1) is 19.3 Å². The molecule has 22 heavy (non-hydrogen) atoms. The number of methoxy groups -OCH3 is 1. The van der Waals surface area contributed by atoms with Gasteiger partial charge in [0.15, 0.2) is 5.13 Å². The van der Waals surface area contributed by atoms with E-state index in [2.05, 4.69) is 20.4 Å². The largest absolute Gasteiger partial charge is 0.453 e. The van der Waals surface area contributed by atoms with Crippen LogP contribution in [0.1, 0.15) is 23.4 Å². The van der Waals surface area contributed by atoms with E-state index in [0.717, 1.165) is 10.6 Å². The van der Waals surface area contributed by atoms with Gasteiger partial charge in [-0.25, -0.2) is 9.78 Å². The van der Waals surface area contributed by atoms with Gasteiger partial charge in [0.2, 0.25) is 11.8 Å². The van der Waals surface area contributed by atoms with Gasteiger partial charge in [-0.2, -0.15) is 0 Å². The van der Waals surface area contributed by atoms with Gasteiger partial charge in [0, 0.05) is 24.3 Å². The number of anilines is 1. The van der Waals surface area contributed by atoms with E-state index in [4.69, 9.17) is 0 Å². The highest BCUT2D eigenvalue weighted by atomic mass is 32.1. The van der Waals surface area contributed by atoms with Crippen LogP contribution in [0, 0.1) is 0 Å². The first-order valence-electron chi connectivity index (χ1n) is 6.98. The monoisotopic (exact) mass is 324 g/mol. The van der Waals surface area contributed by atoms with E-state index in [1.165, 1.54) is 18.4 Å². The van der Waals surface area contributed by atoms with Crippen molar-refractivity contribution in [2.75, 3.05) is 19.0 Å². The number of carbonyl (C=O) groups is 3. The molecule has 2 aliphatic rings. The molecular weight excluding hydrogens is 308 g/mol. The molecule has 1 atom stereocenters. The average Bonchev–Trinajstić information content (AvgIpc) is 3.11. The molecule has 1 aromatic heterocycles. The Morgan fingerprint density at radius 1 is 1.45 bits per heavy atom. The molecule has 0 spiro atoms. The number of rotatable bonds is 2. The molecule has 1 saturated heterocycles. The summed E-state index contributed by atoms with van der Waals surface area (Å²) >= 11 is 1.34. The number of hydrogen-bond donors (Lipinski definition) is 2. The highest BCUT2D eigenvalue weighted by molar-refractivity contribution is 7.15. The number of aromatic nitrogens is 1. The third-order valence-corrected chi connectivity index (χ3v) is 4.73. The van der Waals surface area contributed by atoms with E-state index in [9.17, 15) is 14.4 Å². The molecule has 1 fully saturated rings. The van der Waals surface area contributed by atoms with Crippen LogP contribution < -0.4 is 10.6 Å². The molecule has 0 bridgehead atoms. The third-order valence-electron chi connectivity index (χ3n) is 3.73. The third kappa shape index (κ3) is 2.89. The van der Waals surface area contributed by atoms with Crippen molar-refractivity contribution in [2.45, 2.75) is 31.8 Å². The minimum atomic E-state index is -0.562. The van der Waals surface area contributed by atoms with Crippen molar-refractivity contribution in [2.24, 2.45) is 0 Å². The molecule has 2 N–H and O–H groups in total. The Hall–Kier alpha value is -2.16. The van der Waals surface area contributed by atoms with Gasteiger partial charge in [0.1, 0.15) is 6.04 Å². The zero-order valence-corrected chi connectivity index (χ0v) is 12.9. The molecule has 1 unspecified atom stereocenters. The molecule has 3 amide bonds. The van der Waals surface area contributed by atoms with Crippen LogP contribution in [-0.2, 0) is 27.3 Å². The minimum Gasteiger partial charge on any atom is -0.453 e. The molecule has 1 aromatic rings. The summed E-state index contributed by atoms with van der Waals surface area (Å²) in [6.07, 6.45) is 1.04. The lowest BCUT2D eigenvalue weighted by atomic mass is 10.1. The number of hydrogen-bond acceptors (Lipinski definition) is 6. The van der Waals surface area contributed by atoms with Gasteiger partial charge in [-0.3, -0.25) is 14.9 Å². The van der Waals surface area contributed by atoms with Crippen LogP contribution in [0.5, 0.6) is 0 Å². The van der Waals surface area contributed by atoms with Crippen molar-refractivity contribution >= 4 is 34.4 Å². The molecule has 3 rings (SSSR count). The highest BCUT2D eigenvalue weighted by Crippen LogP contribution is 2.29. The molecule has 9 heteroatoms. The van der Waals surface area contributed by atoms with E-state index >= 15 is 0 Å². The lowest BCUT2D eigenvalue weighted by Gasteiger charge is -2.28. The number of carbonyl (C=O) groups excluding carboxylic acids is 3. The van der Waals surface area contributed by atoms with Crippen LogP contribution in [0.4, 0.5) is 9.93 Å². The zero-order valence-electron chi connectivity index (χ0n) is 12.0. The molecule has 0 radical (unpaired) electrons. The van der Waals surface area contributed by atoms with E-state index in [1.54, 1.807) is 4.90 Å². The number of fused-ring (bicyclic) bond motifs is 1. The second-order valence-electron chi connectivity index (χ2n) is 5.17. The van der Waals surface area contributed by atoms with E-state index in [1.807, 2.05) is 0 Å². The molecule has 0 saturated carbocycles. The Morgan fingerprint density at radius 2 is 2.27 bits per heavy atom. The molecule has 0 aliphatic carbocycles. The fourth-order valence-corrected chi connectivity index (χ4v) is 3.60.